The Kier molecular flexibility index (Phi) is 3.83. The number of hydrogen-bond donors (Lipinski definition) is 0. The highest BCUT2D eigenvalue weighted by Gasteiger charge is 2.18. The van der Waals surface area contributed by atoms with Crippen molar-refractivity contribution in [3.63, 3.8) is 0 Å². The van der Waals surface area contributed by atoms with Crippen molar-refractivity contribution in [1.82, 2.24) is 4.98 Å². The van der Waals surface area contributed by atoms with Gasteiger partial charge in [0.15, 0.2) is 5.78 Å². The van der Waals surface area contributed by atoms with E-state index in [4.69, 9.17) is 0 Å². The Morgan fingerprint density at radius 1 is 1.21 bits per heavy atom. The average molecular weight is 271 g/mol. The number of Topliss-reactive ketones (excluding diaryl/α,β-unsaturated/α-hetero) is 1. The molecule has 98 valence electrons. The third-order valence-corrected chi connectivity index (χ3v) is 5.07. The van der Waals surface area contributed by atoms with Crippen LogP contribution >= 0.6 is 11.8 Å². The number of ketones is 1. The van der Waals surface area contributed by atoms with Gasteiger partial charge < -0.3 is 0 Å². The van der Waals surface area contributed by atoms with Gasteiger partial charge in [-0.2, -0.15) is 11.8 Å². The van der Waals surface area contributed by atoms with Crippen molar-refractivity contribution in [3.05, 3.63) is 42.1 Å². The van der Waals surface area contributed by atoms with Crippen molar-refractivity contribution in [2.45, 2.75) is 30.9 Å². The number of pyridine rings is 1. The van der Waals surface area contributed by atoms with E-state index >= 15 is 0 Å². The van der Waals surface area contributed by atoms with Crippen LogP contribution in [0.1, 0.15) is 36.0 Å². The first kappa shape index (κ1) is 12.7. The van der Waals surface area contributed by atoms with E-state index in [1.165, 1.54) is 25.7 Å². The topological polar surface area (TPSA) is 30.0 Å². The molecule has 19 heavy (non-hydrogen) atoms. The molecule has 0 atom stereocenters. The molecule has 0 spiro atoms. The summed E-state index contributed by atoms with van der Waals surface area (Å²) in [5.41, 5.74) is 1.72. The fourth-order valence-corrected chi connectivity index (χ4v) is 3.88. The van der Waals surface area contributed by atoms with Crippen molar-refractivity contribution in [2.75, 3.05) is 5.75 Å². The maximum atomic E-state index is 12.4. The molecule has 0 radical (unpaired) electrons. The summed E-state index contributed by atoms with van der Waals surface area (Å²) in [7, 11) is 0. The Morgan fingerprint density at radius 2 is 2.05 bits per heavy atom. The molecule has 3 heteroatoms. The SMILES string of the molecule is O=C(CSC1CCCC1)c1cccc2ncccc12. The van der Waals surface area contributed by atoms with Crippen LogP contribution in [-0.4, -0.2) is 21.8 Å². The first-order valence-electron chi connectivity index (χ1n) is 6.83. The zero-order valence-corrected chi connectivity index (χ0v) is 11.7. The lowest BCUT2D eigenvalue weighted by Gasteiger charge is -2.09. The number of thioether (sulfide) groups is 1. The molecule has 0 bridgehead atoms. The Hall–Kier alpha value is -1.35. The fraction of sp³-hybridized carbons (Fsp3) is 0.375. The highest BCUT2D eigenvalue weighted by Crippen LogP contribution is 2.30. The molecule has 1 aliphatic carbocycles. The van der Waals surface area contributed by atoms with Crippen LogP contribution in [0.5, 0.6) is 0 Å². The van der Waals surface area contributed by atoms with Crippen LogP contribution in [0, 0.1) is 0 Å². The van der Waals surface area contributed by atoms with Gasteiger partial charge in [0.05, 0.1) is 11.3 Å². The fourth-order valence-electron chi connectivity index (χ4n) is 2.67. The number of aromatic nitrogens is 1. The first-order valence-corrected chi connectivity index (χ1v) is 7.88. The van der Waals surface area contributed by atoms with Crippen LogP contribution in [0.2, 0.25) is 0 Å². The van der Waals surface area contributed by atoms with Gasteiger partial charge in [-0.1, -0.05) is 31.0 Å². The zero-order valence-electron chi connectivity index (χ0n) is 10.8. The van der Waals surface area contributed by atoms with Gasteiger partial charge in [0.2, 0.25) is 0 Å². The van der Waals surface area contributed by atoms with Crippen LogP contribution in [0.3, 0.4) is 0 Å². The molecule has 1 heterocycles. The van der Waals surface area contributed by atoms with Crippen LogP contribution in [0.15, 0.2) is 36.5 Å². The van der Waals surface area contributed by atoms with Crippen molar-refractivity contribution >= 4 is 28.4 Å². The van der Waals surface area contributed by atoms with Gasteiger partial charge in [-0.3, -0.25) is 9.78 Å². The highest BCUT2D eigenvalue weighted by molar-refractivity contribution is 8.00. The third-order valence-electron chi connectivity index (χ3n) is 3.70. The van der Waals surface area contributed by atoms with Gasteiger partial charge in [-0.25, -0.2) is 0 Å². The van der Waals surface area contributed by atoms with E-state index in [2.05, 4.69) is 4.98 Å². The lowest BCUT2D eigenvalue weighted by molar-refractivity contribution is 0.102. The second-order valence-electron chi connectivity index (χ2n) is 5.02. The summed E-state index contributed by atoms with van der Waals surface area (Å²) < 4.78 is 0. The molecule has 1 aromatic carbocycles. The van der Waals surface area contributed by atoms with Gasteiger partial charge >= 0.3 is 0 Å². The molecular formula is C16H17NOS. The molecule has 0 amide bonds. The number of benzene rings is 1. The van der Waals surface area contributed by atoms with Crippen molar-refractivity contribution in [3.8, 4) is 0 Å². The van der Waals surface area contributed by atoms with Gasteiger partial charge in [0.1, 0.15) is 0 Å². The van der Waals surface area contributed by atoms with E-state index < -0.39 is 0 Å². The normalized spacial score (nSPS) is 16.0. The van der Waals surface area contributed by atoms with Crippen LogP contribution < -0.4 is 0 Å². The lowest BCUT2D eigenvalue weighted by Crippen LogP contribution is -2.07. The first-order chi connectivity index (χ1) is 9.34. The van der Waals surface area contributed by atoms with Gasteiger partial charge in [0, 0.05) is 22.4 Å². The van der Waals surface area contributed by atoms with E-state index in [9.17, 15) is 4.79 Å². The highest BCUT2D eigenvalue weighted by atomic mass is 32.2. The lowest BCUT2D eigenvalue weighted by atomic mass is 10.1. The predicted molar refractivity (Wildman–Crippen MR) is 80.8 cm³/mol. The quantitative estimate of drug-likeness (QED) is 0.784. The monoisotopic (exact) mass is 271 g/mol. The molecule has 3 rings (SSSR count). The largest absolute Gasteiger partial charge is 0.293 e. The second kappa shape index (κ2) is 5.74. The molecule has 2 aromatic rings. The van der Waals surface area contributed by atoms with Crippen LogP contribution in [0.4, 0.5) is 0 Å². The molecule has 2 nitrogen and oxygen atoms in total. The number of fused-ring (bicyclic) bond motifs is 1. The van der Waals surface area contributed by atoms with E-state index in [1.807, 2.05) is 42.1 Å². The van der Waals surface area contributed by atoms with E-state index in [1.54, 1.807) is 6.20 Å². The molecule has 0 aliphatic heterocycles. The molecule has 1 saturated carbocycles. The maximum absolute atomic E-state index is 12.4. The predicted octanol–water partition coefficient (Wildman–Crippen LogP) is 4.09. The van der Waals surface area contributed by atoms with E-state index in [0.717, 1.165) is 16.5 Å². The van der Waals surface area contributed by atoms with Crippen LogP contribution in [-0.2, 0) is 0 Å². The average Bonchev–Trinajstić information content (AvgIpc) is 2.97. The van der Waals surface area contributed by atoms with Crippen LogP contribution in [0.25, 0.3) is 10.9 Å². The zero-order chi connectivity index (χ0) is 13.1. The summed E-state index contributed by atoms with van der Waals surface area (Å²) in [5.74, 6) is 0.828. The Morgan fingerprint density at radius 3 is 2.89 bits per heavy atom. The third kappa shape index (κ3) is 2.81. The Bertz CT molecular complexity index is 585. The summed E-state index contributed by atoms with van der Waals surface area (Å²) in [6, 6.07) is 9.67. The molecule has 1 aliphatic rings. The number of carbonyl (C=O) groups is 1. The Labute approximate surface area is 117 Å². The van der Waals surface area contributed by atoms with E-state index in [-0.39, 0.29) is 5.78 Å². The smallest absolute Gasteiger partial charge is 0.173 e. The van der Waals surface area contributed by atoms with Gasteiger partial charge in [-0.15, -0.1) is 0 Å². The number of carbonyl (C=O) groups excluding carboxylic acids is 1. The second-order valence-corrected chi connectivity index (χ2v) is 6.30. The summed E-state index contributed by atoms with van der Waals surface area (Å²) in [6.07, 6.45) is 6.96. The minimum atomic E-state index is 0.232. The standard InChI is InChI=1S/C16H17NOS/c18-16(11-19-12-5-1-2-6-12)14-7-3-9-15-13(14)8-4-10-17-15/h3-4,7-10,12H,1-2,5-6,11H2. The minimum Gasteiger partial charge on any atom is -0.293 e. The molecular weight excluding hydrogens is 254 g/mol. The molecule has 0 saturated heterocycles. The molecule has 0 unspecified atom stereocenters. The maximum Gasteiger partial charge on any atom is 0.173 e. The van der Waals surface area contributed by atoms with Crippen molar-refractivity contribution in [1.29, 1.82) is 0 Å². The summed E-state index contributed by atoms with van der Waals surface area (Å²) >= 11 is 1.83. The van der Waals surface area contributed by atoms with Crippen molar-refractivity contribution in [2.24, 2.45) is 0 Å². The van der Waals surface area contributed by atoms with Crippen molar-refractivity contribution < 1.29 is 4.79 Å². The molecule has 1 aromatic heterocycles. The number of nitrogens with zero attached hydrogens (tertiary/aromatic N) is 1. The number of hydrogen-bond acceptors (Lipinski definition) is 3. The minimum absolute atomic E-state index is 0.232. The summed E-state index contributed by atoms with van der Waals surface area (Å²) in [4.78, 5) is 16.7. The summed E-state index contributed by atoms with van der Waals surface area (Å²) in [6.45, 7) is 0. The Balaban J connectivity index is 1.77. The molecule has 0 N–H and O–H groups in total. The van der Waals surface area contributed by atoms with Gasteiger partial charge in [0.25, 0.3) is 0 Å². The molecule has 1 fully saturated rings. The van der Waals surface area contributed by atoms with Gasteiger partial charge in [-0.05, 0) is 25.0 Å². The van der Waals surface area contributed by atoms with E-state index in [0.29, 0.717) is 11.0 Å². The number of rotatable bonds is 4. The summed E-state index contributed by atoms with van der Waals surface area (Å²) in [5, 5.41) is 1.67.